The van der Waals surface area contributed by atoms with Crippen molar-refractivity contribution >= 4 is 37.9 Å². The summed E-state index contributed by atoms with van der Waals surface area (Å²) in [5.41, 5.74) is 0. The van der Waals surface area contributed by atoms with Crippen LogP contribution in [0.4, 0.5) is 0 Å². The van der Waals surface area contributed by atoms with Gasteiger partial charge in [0.05, 0.1) is 0 Å². The second-order valence-corrected chi connectivity index (χ2v) is 6.29. The van der Waals surface area contributed by atoms with Crippen LogP contribution in [0.1, 0.15) is 39.5 Å². The molecule has 0 N–H and O–H groups in total. The molecule has 0 fully saturated rings. The molecule has 0 aliphatic carbocycles. The van der Waals surface area contributed by atoms with Crippen LogP contribution < -0.4 is 0 Å². The minimum absolute atomic E-state index is 0.183. The SMILES string of the molecule is CC(C)(S)CCCC(CS)CCS. The van der Waals surface area contributed by atoms with Crippen molar-refractivity contribution in [2.75, 3.05) is 11.5 Å². The van der Waals surface area contributed by atoms with Crippen LogP contribution in [0, 0.1) is 5.92 Å². The fourth-order valence-electron chi connectivity index (χ4n) is 1.33. The van der Waals surface area contributed by atoms with Crippen molar-refractivity contribution in [1.82, 2.24) is 0 Å². The quantitative estimate of drug-likeness (QED) is 0.553. The largest absolute Gasteiger partial charge is 0.179 e. The highest BCUT2D eigenvalue weighted by Gasteiger charge is 2.12. The molecule has 0 aliphatic rings. The van der Waals surface area contributed by atoms with Crippen LogP contribution in [0.15, 0.2) is 0 Å². The molecule has 0 bridgehead atoms. The summed E-state index contributed by atoms with van der Waals surface area (Å²) in [5.74, 6) is 2.72. The van der Waals surface area contributed by atoms with Gasteiger partial charge in [-0.3, -0.25) is 0 Å². The molecular formula is C10H22S3. The Morgan fingerprint density at radius 1 is 1.15 bits per heavy atom. The van der Waals surface area contributed by atoms with Gasteiger partial charge in [0.2, 0.25) is 0 Å². The third-order valence-corrected chi connectivity index (χ3v) is 3.19. The molecule has 0 aliphatic heterocycles. The molecule has 13 heavy (non-hydrogen) atoms. The molecule has 0 rings (SSSR count). The van der Waals surface area contributed by atoms with Crippen molar-refractivity contribution in [2.24, 2.45) is 5.92 Å². The minimum atomic E-state index is 0.183. The first-order valence-corrected chi connectivity index (χ1v) is 6.65. The zero-order valence-corrected chi connectivity index (χ0v) is 11.3. The van der Waals surface area contributed by atoms with Gasteiger partial charge in [-0.1, -0.05) is 20.3 Å². The molecule has 0 saturated carbocycles. The Bertz CT molecular complexity index is 118. The van der Waals surface area contributed by atoms with Crippen molar-refractivity contribution in [3.63, 3.8) is 0 Å². The summed E-state index contributed by atoms with van der Waals surface area (Å²) in [6, 6.07) is 0. The van der Waals surface area contributed by atoms with E-state index in [1.807, 2.05) is 0 Å². The highest BCUT2D eigenvalue weighted by atomic mass is 32.1. The molecule has 0 aromatic rings. The van der Waals surface area contributed by atoms with Gasteiger partial charge in [-0.05, 0) is 36.7 Å². The smallest absolute Gasteiger partial charge is 0.00731 e. The van der Waals surface area contributed by atoms with E-state index in [-0.39, 0.29) is 4.75 Å². The number of rotatable bonds is 7. The maximum absolute atomic E-state index is 4.50. The van der Waals surface area contributed by atoms with Crippen molar-refractivity contribution in [2.45, 2.75) is 44.3 Å². The normalized spacial score (nSPS) is 14.5. The highest BCUT2D eigenvalue weighted by molar-refractivity contribution is 7.81. The van der Waals surface area contributed by atoms with E-state index < -0.39 is 0 Å². The molecule has 1 atom stereocenters. The average Bonchev–Trinajstić information content (AvgIpc) is 2.01. The standard InChI is InChI=1S/C10H22S3/c1-10(2,13)6-3-4-9(8-12)5-7-11/h9,11-13H,3-8H2,1-2H3. The maximum Gasteiger partial charge on any atom is 0.00731 e. The van der Waals surface area contributed by atoms with Crippen LogP contribution in [0.3, 0.4) is 0 Å². The Hall–Kier alpha value is 1.05. The van der Waals surface area contributed by atoms with Gasteiger partial charge in [-0.25, -0.2) is 0 Å². The third-order valence-electron chi connectivity index (χ3n) is 2.20. The zero-order valence-electron chi connectivity index (χ0n) is 8.66. The van der Waals surface area contributed by atoms with Gasteiger partial charge in [0.15, 0.2) is 0 Å². The molecule has 0 amide bonds. The summed E-state index contributed by atoms with van der Waals surface area (Å²) in [5, 5.41) is 0. The molecule has 0 heterocycles. The lowest BCUT2D eigenvalue weighted by Gasteiger charge is -2.19. The summed E-state index contributed by atoms with van der Waals surface area (Å²) < 4.78 is 0.183. The van der Waals surface area contributed by atoms with Crippen molar-refractivity contribution in [3.05, 3.63) is 0 Å². The summed E-state index contributed by atoms with van der Waals surface area (Å²) in [7, 11) is 0. The minimum Gasteiger partial charge on any atom is -0.179 e. The molecule has 0 aromatic heterocycles. The number of hydrogen-bond donors (Lipinski definition) is 3. The lowest BCUT2D eigenvalue weighted by molar-refractivity contribution is 0.473. The fraction of sp³-hybridized carbons (Fsp3) is 1.00. The third kappa shape index (κ3) is 9.36. The number of hydrogen-bond acceptors (Lipinski definition) is 3. The van der Waals surface area contributed by atoms with E-state index in [2.05, 4.69) is 51.7 Å². The molecule has 0 radical (unpaired) electrons. The summed E-state index contributed by atoms with van der Waals surface area (Å²) in [4.78, 5) is 0. The Kier molecular flexibility index (Phi) is 7.95. The fourth-order valence-corrected chi connectivity index (χ4v) is 2.22. The van der Waals surface area contributed by atoms with Crippen LogP contribution in [0.2, 0.25) is 0 Å². The lowest BCUT2D eigenvalue weighted by Crippen LogP contribution is -2.11. The highest BCUT2D eigenvalue weighted by Crippen LogP contribution is 2.23. The molecule has 3 heteroatoms. The molecule has 0 nitrogen and oxygen atoms in total. The van der Waals surface area contributed by atoms with Gasteiger partial charge >= 0.3 is 0 Å². The topological polar surface area (TPSA) is 0 Å². The molecule has 0 spiro atoms. The van der Waals surface area contributed by atoms with Crippen LogP contribution >= 0.6 is 37.9 Å². The van der Waals surface area contributed by atoms with Gasteiger partial charge in [0, 0.05) is 4.75 Å². The predicted octanol–water partition coefficient (Wildman–Crippen LogP) is 3.73. The molecule has 0 saturated heterocycles. The van der Waals surface area contributed by atoms with Gasteiger partial charge in [-0.15, -0.1) is 0 Å². The number of thiol groups is 3. The van der Waals surface area contributed by atoms with Crippen LogP contribution in [-0.4, -0.2) is 16.3 Å². The summed E-state index contributed by atoms with van der Waals surface area (Å²) in [6.07, 6.45) is 4.91. The average molecular weight is 238 g/mol. The lowest BCUT2D eigenvalue weighted by atomic mass is 9.97. The first-order chi connectivity index (χ1) is 5.99. The van der Waals surface area contributed by atoms with E-state index >= 15 is 0 Å². The monoisotopic (exact) mass is 238 g/mol. The predicted molar refractivity (Wildman–Crippen MR) is 72.7 cm³/mol. The Morgan fingerprint density at radius 3 is 2.15 bits per heavy atom. The van der Waals surface area contributed by atoms with Crippen molar-refractivity contribution < 1.29 is 0 Å². The van der Waals surface area contributed by atoms with E-state index in [0.29, 0.717) is 0 Å². The van der Waals surface area contributed by atoms with Crippen LogP contribution in [0.5, 0.6) is 0 Å². The molecule has 80 valence electrons. The Balaban J connectivity index is 3.49. The van der Waals surface area contributed by atoms with Gasteiger partial charge in [0.1, 0.15) is 0 Å². The Labute approximate surface area is 99.5 Å². The van der Waals surface area contributed by atoms with Gasteiger partial charge < -0.3 is 0 Å². The van der Waals surface area contributed by atoms with E-state index in [1.165, 1.54) is 25.7 Å². The zero-order chi connectivity index (χ0) is 10.3. The summed E-state index contributed by atoms with van der Waals surface area (Å²) >= 11 is 13.1. The van der Waals surface area contributed by atoms with Crippen LogP contribution in [-0.2, 0) is 0 Å². The first-order valence-electron chi connectivity index (χ1n) is 4.93. The van der Waals surface area contributed by atoms with Crippen LogP contribution in [0.25, 0.3) is 0 Å². The maximum atomic E-state index is 4.50. The van der Waals surface area contributed by atoms with E-state index in [1.54, 1.807) is 0 Å². The second kappa shape index (κ2) is 7.36. The molecular weight excluding hydrogens is 216 g/mol. The van der Waals surface area contributed by atoms with E-state index in [9.17, 15) is 0 Å². The molecule has 1 unspecified atom stereocenters. The Morgan fingerprint density at radius 2 is 1.77 bits per heavy atom. The van der Waals surface area contributed by atoms with Crippen molar-refractivity contribution in [1.29, 1.82) is 0 Å². The molecule has 0 aromatic carbocycles. The second-order valence-electron chi connectivity index (χ2n) is 4.27. The van der Waals surface area contributed by atoms with E-state index in [4.69, 9.17) is 0 Å². The first kappa shape index (κ1) is 14.1. The van der Waals surface area contributed by atoms with Gasteiger partial charge in [0.25, 0.3) is 0 Å². The summed E-state index contributed by atoms with van der Waals surface area (Å²) in [6.45, 7) is 4.34. The van der Waals surface area contributed by atoms with E-state index in [0.717, 1.165) is 17.4 Å². The van der Waals surface area contributed by atoms with Crippen molar-refractivity contribution in [3.8, 4) is 0 Å². The van der Waals surface area contributed by atoms with Gasteiger partial charge in [-0.2, -0.15) is 37.9 Å².